The number of hydrogen-bond donors (Lipinski definition) is 1. The zero-order chi connectivity index (χ0) is 12.5. The van der Waals surface area contributed by atoms with Gasteiger partial charge in [0.25, 0.3) is 0 Å². The fraction of sp³-hybridized carbons (Fsp3) is 0.600. The van der Waals surface area contributed by atoms with Crippen molar-refractivity contribution < 1.29 is 4.74 Å². The van der Waals surface area contributed by atoms with Crippen LogP contribution >= 0.6 is 11.6 Å². The molecular weight excluding hydrogens is 246 g/mol. The monoisotopic (exact) mass is 265 g/mol. The van der Waals surface area contributed by atoms with Crippen molar-refractivity contribution in [1.29, 1.82) is 0 Å². The first kappa shape index (κ1) is 12.3. The lowest BCUT2D eigenvalue weighted by Crippen LogP contribution is -2.31. The van der Waals surface area contributed by atoms with Crippen molar-refractivity contribution in [2.75, 3.05) is 13.1 Å². The van der Waals surface area contributed by atoms with Crippen LogP contribution in [0.1, 0.15) is 24.8 Å². The fourth-order valence-corrected chi connectivity index (χ4v) is 2.99. The van der Waals surface area contributed by atoms with Gasteiger partial charge in [0.2, 0.25) is 0 Å². The van der Waals surface area contributed by atoms with E-state index >= 15 is 0 Å². The average Bonchev–Trinajstić information content (AvgIpc) is 3.06. The van der Waals surface area contributed by atoms with Gasteiger partial charge >= 0.3 is 0 Å². The van der Waals surface area contributed by atoms with Gasteiger partial charge in [0.05, 0.1) is 0 Å². The minimum absolute atomic E-state index is 0.372. The lowest BCUT2D eigenvalue weighted by atomic mass is 9.97. The largest absolute Gasteiger partial charge is 0.489 e. The molecule has 1 heterocycles. The van der Waals surface area contributed by atoms with Gasteiger partial charge in [-0.05, 0) is 50.8 Å². The standard InChI is InChI=1S/C15H20ClNO/c1-10-13(16)3-2-4-14(10)18-15(11-5-6-11)12-7-8-17-9-12/h2-4,11-12,15,17H,5-9H2,1H3/t12-,15?/m0/s1. The topological polar surface area (TPSA) is 21.3 Å². The van der Waals surface area contributed by atoms with E-state index in [2.05, 4.69) is 5.32 Å². The minimum Gasteiger partial charge on any atom is -0.489 e. The van der Waals surface area contributed by atoms with Crippen molar-refractivity contribution in [3.8, 4) is 5.75 Å². The van der Waals surface area contributed by atoms with E-state index in [0.29, 0.717) is 12.0 Å². The van der Waals surface area contributed by atoms with Gasteiger partial charge in [0.15, 0.2) is 0 Å². The SMILES string of the molecule is Cc1c(Cl)cccc1OC(C1CC1)[C@H]1CCNC1. The van der Waals surface area contributed by atoms with Crippen molar-refractivity contribution in [2.45, 2.75) is 32.3 Å². The molecule has 0 radical (unpaired) electrons. The first-order valence-electron chi connectivity index (χ1n) is 6.88. The Kier molecular flexibility index (Phi) is 3.49. The zero-order valence-electron chi connectivity index (χ0n) is 10.8. The number of hydrogen-bond acceptors (Lipinski definition) is 2. The molecule has 2 atom stereocenters. The van der Waals surface area contributed by atoms with Crippen molar-refractivity contribution in [1.82, 2.24) is 5.32 Å². The fourth-order valence-electron chi connectivity index (χ4n) is 2.82. The van der Waals surface area contributed by atoms with Gasteiger partial charge in [-0.15, -0.1) is 0 Å². The molecular formula is C15H20ClNO. The second-order valence-electron chi connectivity index (χ2n) is 5.54. The van der Waals surface area contributed by atoms with Crippen molar-refractivity contribution in [3.63, 3.8) is 0 Å². The van der Waals surface area contributed by atoms with Crippen molar-refractivity contribution in [2.24, 2.45) is 11.8 Å². The van der Waals surface area contributed by atoms with Crippen LogP contribution in [0.25, 0.3) is 0 Å². The lowest BCUT2D eigenvalue weighted by Gasteiger charge is -2.25. The molecule has 0 bridgehead atoms. The van der Waals surface area contributed by atoms with E-state index in [0.717, 1.165) is 35.3 Å². The highest BCUT2D eigenvalue weighted by Crippen LogP contribution is 2.40. The molecule has 1 aromatic rings. The molecule has 98 valence electrons. The molecule has 3 heteroatoms. The van der Waals surface area contributed by atoms with Crippen LogP contribution in [0.2, 0.25) is 5.02 Å². The van der Waals surface area contributed by atoms with Gasteiger partial charge in [-0.2, -0.15) is 0 Å². The third-order valence-electron chi connectivity index (χ3n) is 4.13. The predicted molar refractivity (Wildman–Crippen MR) is 74.3 cm³/mol. The van der Waals surface area contributed by atoms with Gasteiger partial charge in [0, 0.05) is 23.0 Å². The third kappa shape index (κ3) is 2.50. The highest BCUT2D eigenvalue weighted by Gasteiger charge is 2.39. The smallest absolute Gasteiger partial charge is 0.124 e. The molecule has 1 N–H and O–H groups in total. The molecule has 0 aromatic heterocycles. The van der Waals surface area contributed by atoms with E-state index in [1.165, 1.54) is 19.3 Å². The number of rotatable bonds is 4. The maximum Gasteiger partial charge on any atom is 0.124 e. The molecule has 0 spiro atoms. The van der Waals surface area contributed by atoms with Crippen LogP contribution in [0.15, 0.2) is 18.2 Å². The molecule has 1 unspecified atom stereocenters. The average molecular weight is 266 g/mol. The lowest BCUT2D eigenvalue weighted by molar-refractivity contribution is 0.120. The van der Waals surface area contributed by atoms with E-state index in [-0.39, 0.29) is 0 Å². The van der Waals surface area contributed by atoms with Gasteiger partial charge in [-0.3, -0.25) is 0 Å². The Morgan fingerprint density at radius 1 is 1.28 bits per heavy atom. The summed E-state index contributed by atoms with van der Waals surface area (Å²) in [5.41, 5.74) is 1.07. The summed E-state index contributed by atoms with van der Waals surface area (Å²) >= 11 is 6.16. The highest BCUT2D eigenvalue weighted by atomic mass is 35.5. The highest BCUT2D eigenvalue weighted by molar-refractivity contribution is 6.31. The molecule has 2 aliphatic rings. The molecule has 3 rings (SSSR count). The maximum atomic E-state index is 6.31. The Hall–Kier alpha value is -0.730. The molecule has 1 aliphatic carbocycles. The molecule has 2 fully saturated rings. The Morgan fingerprint density at radius 3 is 2.78 bits per heavy atom. The van der Waals surface area contributed by atoms with E-state index < -0.39 is 0 Å². The predicted octanol–water partition coefficient (Wildman–Crippen LogP) is 3.42. The second-order valence-corrected chi connectivity index (χ2v) is 5.94. The summed E-state index contributed by atoms with van der Waals surface area (Å²) < 4.78 is 6.31. The number of halogens is 1. The van der Waals surface area contributed by atoms with E-state index in [1.807, 2.05) is 25.1 Å². The Labute approximate surface area is 114 Å². The molecule has 18 heavy (non-hydrogen) atoms. The first-order chi connectivity index (χ1) is 8.75. The molecule has 1 saturated carbocycles. The van der Waals surface area contributed by atoms with Crippen LogP contribution in [0.5, 0.6) is 5.75 Å². The summed E-state index contributed by atoms with van der Waals surface area (Å²) in [4.78, 5) is 0. The normalized spacial score (nSPS) is 25.1. The van der Waals surface area contributed by atoms with Crippen LogP contribution in [0.3, 0.4) is 0 Å². The van der Waals surface area contributed by atoms with E-state index in [4.69, 9.17) is 16.3 Å². The van der Waals surface area contributed by atoms with E-state index in [9.17, 15) is 0 Å². The number of nitrogens with one attached hydrogen (secondary N) is 1. The van der Waals surface area contributed by atoms with Crippen LogP contribution in [-0.4, -0.2) is 19.2 Å². The quantitative estimate of drug-likeness (QED) is 0.901. The second kappa shape index (κ2) is 5.10. The molecule has 0 amide bonds. The Balaban J connectivity index is 1.77. The first-order valence-corrected chi connectivity index (χ1v) is 7.26. The molecule has 1 aliphatic heterocycles. The minimum atomic E-state index is 0.372. The van der Waals surface area contributed by atoms with Crippen molar-refractivity contribution in [3.05, 3.63) is 28.8 Å². The van der Waals surface area contributed by atoms with Gasteiger partial charge in [-0.1, -0.05) is 17.7 Å². The zero-order valence-corrected chi connectivity index (χ0v) is 11.5. The summed E-state index contributed by atoms with van der Waals surface area (Å²) in [7, 11) is 0. The third-order valence-corrected chi connectivity index (χ3v) is 4.54. The van der Waals surface area contributed by atoms with Crippen LogP contribution in [-0.2, 0) is 0 Å². The molecule has 1 aromatic carbocycles. The Bertz CT molecular complexity index is 425. The van der Waals surface area contributed by atoms with Crippen LogP contribution < -0.4 is 10.1 Å². The van der Waals surface area contributed by atoms with E-state index in [1.54, 1.807) is 0 Å². The summed E-state index contributed by atoms with van der Waals surface area (Å²) in [6, 6.07) is 5.94. The molecule has 2 nitrogen and oxygen atoms in total. The summed E-state index contributed by atoms with van der Waals surface area (Å²) in [5, 5.41) is 4.24. The van der Waals surface area contributed by atoms with Gasteiger partial charge in [0.1, 0.15) is 11.9 Å². The Morgan fingerprint density at radius 2 is 2.11 bits per heavy atom. The van der Waals surface area contributed by atoms with Crippen molar-refractivity contribution >= 4 is 11.6 Å². The molecule has 1 saturated heterocycles. The number of ether oxygens (including phenoxy) is 1. The summed E-state index contributed by atoms with van der Waals surface area (Å²) in [6.45, 7) is 4.26. The maximum absolute atomic E-state index is 6.31. The van der Waals surface area contributed by atoms with Crippen LogP contribution in [0.4, 0.5) is 0 Å². The van der Waals surface area contributed by atoms with Gasteiger partial charge in [-0.25, -0.2) is 0 Å². The van der Waals surface area contributed by atoms with Gasteiger partial charge < -0.3 is 10.1 Å². The van der Waals surface area contributed by atoms with Crippen LogP contribution in [0, 0.1) is 18.8 Å². The number of benzene rings is 1. The summed E-state index contributed by atoms with van der Waals surface area (Å²) in [5.74, 6) is 2.38. The summed E-state index contributed by atoms with van der Waals surface area (Å²) in [6.07, 6.45) is 4.25.